The molecule has 1 aromatic carbocycles. The molecular weight excluding hydrogens is 268 g/mol. The van der Waals surface area contributed by atoms with Crippen LogP contribution in [0.2, 0.25) is 0 Å². The van der Waals surface area contributed by atoms with Gasteiger partial charge in [-0.3, -0.25) is 14.5 Å². The summed E-state index contributed by atoms with van der Waals surface area (Å²) in [7, 11) is 1.35. The number of methoxy groups -OCH3 is 1. The Morgan fingerprint density at radius 1 is 1.33 bits per heavy atom. The minimum atomic E-state index is -0.483. The lowest BCUT2D eigenvalue weighted by molar-refractivity contribution is -0.148. The molecule has 112 valence electrons. The van der Waals surface area contributed by atoms with Crippen LogP contribution in [0.15, 0.2) is 24.3 Å². The van der Waals surface area contributed by atoms with Crippen LogP contribution in [0.5, 0.6) is 0 Å². The first-order valence-electron chi connectivity index (χ1n) is 7.17. The first-order valence-corrected chi connectivity index (χ1v) is 7.17. The molecule has 0 aliphatic carbocycles. The van der Waals surface area contributed by atoms with Gasteiger partial charge in [0.1, 0.15) is 6.54 Å². The highest BCUT2D eigenvalue weighted by molar-refractivity contribution is 5.89. The Bertz CT molecular complexity index is 597. The maximum absolute atomic E-state index is 12.7. The first-order chi connectivity index (χ1) is 9.95. The van der Waals surface area contributed by atoms with E-state index in [2.05, 4.69) is 17.0 Å². The van der Waals surface area contributed by atoms with Crippen molar-refractivity contribution < 1.29 is 14.3 Å². The molecule has 1 saturated heterocycles. The molecule has 0 spiro atoms. The van der Waals surface area contributed by atoms with E-state index >= 15 is 0 Å². The van der Waals surface area contributed by atoms with Crippen LogP contribution >= 0.6 is 0 Å². The predicted molar refractivity (Wildman–Crippen MR) is 77.3 cm³/mol. The van der Waals surface area contributed by atoms with Crippen LogP contribution in [-0.2, 0) is 27.3 Å². The van der Waals surface area contributed by atoms with Crippen LogP contribution in [0.3, 0.4) is 0 Å². The van der Waals surface area contributed by atoms with E-state index in [-0.39, 0.29) is 24.5 Å². The van der Waals surface area contributed by atoms with Gasteiger partial charge in [-0.15, -0.1) is 0 Å². The second kappa shape index (κ2) is 4.84. The number of hydrogen-bond donors (Lipinski definition) is 0. The Morgan fingerprint density at radius 3 is 2.67 bits per heavy atom. The maximum atomic E-state index is 12.7. The standard InChI is InChI=1S/C16H20N2O3/c1-16(2)17-9-12-7-5-4-6-11(12)8-13(17)15(20)18(16)10-14(19)21-3/h4-7,13H,8-10H2,1-3H3/t13-/m0/s1. The molecule has 0 unspecified atom stereocenters. The Morgan fingerprint density at radius 2 is 2.00 bits per heavy atom. The molecule has 2 aliphatic heterocycles. The average molecular weight is 288 g/mol. The van der Waals surface area contributed by atoms with E-state index in [0.29, 0.717) is 6.42 Å². The molecule has 0 saturated carbocycles. The summed E-state index contributed by atoms with van der Waals surface area (Å²) in [6.07, 6.45) is 0.704. The Hall–Kier alpha value is -1.88. The first kappa shape index (κ1) is 14.1. The molecule has 5 heteroatoms. The van der Waals surface area contributed by atoms with E-state index in [9.17, 15) is 9.59 Å². The molecule has 0 aromatic heterocycles. The molecule has 0 N–H and O–H groups in total. The third-order valence-corrected chi connectivity index (χ3v) is 4.68. The molecule has 1 aromatic rings. The largest absolute Gasteiger partial charge is 0.468 e. The van der Waals surface area contributed by atoms with Crippen LogP contribution in [0.1, 0.15) is 25.0 Å². The highest BCUT2D eigenvalue weighted by Gasteiger charge is 2.53. The van der Waals surface area contributed by atoms with Crippen molar-refractivity contribution in [1.29, 1.82) is 0 Å². The lowest BCUT2D eigenvalue weighted by Gasteiger charge is -2.40. The molecular formula is C16H20N2O3. The van der Waals surface area contributed by atoms with E-state index in [4.69, 9.17) is 4.74 Å². The number of benzene rings is 1. The van der Waals surface area contributed by atoms with Crippen molar-refractivity contribution in [3.63, 3.8) is 0 Å². The van der Waals surface area contributed by atoms with Crippen LogP contribution in [-0.4, -0.2) is 47.0 Å². The molecule has 1 atom stereocenters. The van der Waals surface area contributed by atoms with Crippen molar-refractivity contribution in [2.45, 2.75) is 38.5 Å². The highest BCUT2D eigenvalue weighted by Crippen LogP contribution is 2.38. The molecule has 2 heterocycles. The van der Waals surface area contributed by atoms with Crippen LogP contribution in [0.25, 0.3) is 0 Å². The van der Waals surface area contributed by atoms with Crippen molar-refractivity contribution in [3.05, 3.63) is 35.4 Å². The Balaban J connectivity index is 1.92. The van der Waals surface area contributed by atoms with Crippen LogP contribution < -0.4 is 0 Å². The van der Waals surface area contributed by atoms with Gasteiger partial charge >= 0.3 is 5.97 Å². The minimum Gasteiger partial charge on any atom is -0.468 e. The molecule has 1 fully saturated rings. The van der Waals surface area contributed by atoms with Gasteiger partial charge in [0.2, 0.25) is 5.91 Å². The number of ether oxygens (including phenoxy) is 1. The zero-order valence-electron chi connectivity index (χ0n) is 12.6. The zero-order valence-corrected chi connectivity index (χ0v) is 12.6. The second-order valence-electron chi connectivity index (χ2n) is 6.11. The number of hydrogen-bond acceptors (Lipinski definition) is 4. The van der Waals surface area contributed by atoms with Gasteiger partial charge in [0.25, 0.3) is 0 Å². The fourth-order valence-corrected chi connectivity index (χ4v) is 3.39. The van der Waals surface area contributed by atoms with Crippen molar-refractivity contribution in [1.82, 2.24) is 9.80 Å². The number of carbonyl (C=O) groups excluding carboxylic acids is 2. The van der Waals surface area contributed by atoms with E-state index in [1.165, 1.54) is 18.2 Å². The maximum Gasteiger partial charge on any atom is 0.325 e. The summed E-state index contributed by atoms with van der Waals surface area (Å²) in [5, 5.41) is 0. The topological polar surface area (TPSA) is 49.9 Å². The summed E-state index contributed by atoms with van der Waals surface area (Å²) in [4.78, 5) is 28.1. The molecule has 21 heavy (non-hydrogen) atoms. The van der Waals surface area contributed by atoms with Crippen molar-refractivity contribution in [2.24, 2.45) is 0 Å². The number of carbonyl (C=O) groups is 2. The summed E-state index contributed by atoms with van der Waals surface area (Å²) < 4.78 is 4.72. The fraction of sp³-hybridized carbons (Fsp3) is 0.500. The average Bonchev–Trinajstić information content (AvgIpc) is 2.66. The van der Waals surface area contributed by atoms with Gasteiger partial charge in [0.15, 0.2) is 0 Å². The van der Waals surface area contributed by atoms with Gasteiger partial charge in [-0.1, -0.05) is 24.3 Å². The van der Waals surface area contributed by atoms with E-state index in [0.717, 1.165) is 6.54 Å². The van der Waals surface area contributed by atoms with E-state index in [1.54, 1.807) is 4.90 Å². The molecule has 2 aliphatic rings. The van der Waals surface area contributed by atoms with Crippen molar-refractivity contribution in [2.75, 3.05) is 13.7 Å². The van der Waals surface area contributed by atoms with Gasteiger partial charge in [-0.25, -0.2) is 0 Å². The monoisotopic (exact) mass is 288 g/mol. The number of nitrogens with zero attached hydrogens (tertiary/aromatic N) is 2. The highest BCUT2D eigenvalue weighted by atomic mass is 16.5. The fourth-order valence-electron chi connectivity index (χ4n) is 3.39. The molecule has 0 bridgehead atoms. The molecule has 5 nitrogen and oxygen atoms in total. The summed E-state index contributed by atoms with van der Waals surface area (Å²) in [5.41, 5.74) is 2.00. The van der Waals surface area contributed by atoms with Gasteiger partial charge in [-0.2, -0.15) is 0 Å². The quantitative estimate of drug-likeness (QED) is 0.766. The predicted octanol–water partition coefficient (Wildman–Crippen LogP) is 1.16. The SMILES string of the molecule is COC(=O)CN1C(=O)[C@@H]2Cc3ccccc3CN2C1(C)C. The molecule has 3 rings (SSSR count). The van der Waals surface area contributed by atoms with Crippen LogP contribution in [0.4, 0.5) is 0 Å². The van der Waals surface area contributed by atoms with Gasteiger partial charge in [0.05, 0.1) is 18.8 Å². The summed E-state index contributed by atoms with van der Waals surface area (Å²) >= 11 is 0. The minimum absolute atomic E-state index is 0.00563. The number of rotatable bonds is 2. The lowest BCUT2D eigenvalue weighted by Crippen LogP contribution is -2.52. The van der Waals surface area contributed by atoms with Crippen molar-refractivity contribution in [3.8, 4) is 0 Å². The van der Waals surface area contributed by atoms with Gasteiger partial charge < -0.3 is 9.64 Å². The second-order valence-corrected chi connectivity index (χ2v) is 6.11. The Labute approximate surface area is 124 Å². The van der Waals surface area contributed by atoms with Crippen LogP contribution in [0, 0.1) is 0 Å². The normalized spacial score (nSPS) is 23.7. The Kier molecular flexibility index (Phi) is 3.24. The smallest absolute Gasteiger partial charge is 0.325 e. The molecule has 1 amide bonds. The molecule has 0 radical (unpaired) electrons. The zero-order chi connectivity index (χ0) is 15.2. The van der Waals surface area contributed by atoms with Gasteiger partial charge in [0, 0.05) is 6.54 Å². The van der Waals surface area contributed by atoms with E-state index < -0.39 is 5.66 Å². The number of fused-ring (bicyclic) bond motifs is 2. The number of esters is 1. The summed E-state index contributed by atoms with van der Waals surface area (Å²) in [6, 6.07) is 8.03. The summed E-state index contributed by atoms with van der Waals surface area (Å²) in [6.45, 7) is 4.71. The third kappa shape index (κ3) is 2.12. The lowest BCUT2D eigenvalue weighted by atomic mass is 9.94. The van der Waals surface area contributed by atoms with Gasteiger partial charge in [-0.05, 0) is 31.4 Å². The van der Waals surface area contributed by atoms with Crippen molar-refractivity contribution >= 4 is 11.9 Å². The number of amides is 1. The summed E-state index contributed by atoms with van der Waals surface area (Å²) in [5.74, 6) is -0.367. The van der Waals surface area contributed by atoms with E-state index in [1.807, 2.05) is 26.0 Å². The third-order valence-electron chi connectivity index (χ3n) is 4.68.